The number of esters is 1. The number of benzene rings is 2. The second-order valence-corrected chi connectivity index (χ2v) is 7.86. The second-order valence-electron chi connectivity index (χ2n) is 7.86. The normalized spacial score (nSPS) is 10.7. The van der Waals surface area contributed by atoms with Gasteiger partial charge in [0.2, 0.25) is 0 Å². The zero-order chi connectivity index (χ0) is 22.6. The van der Waals surface area contributed by atoms with Crippen molar-refractivity contribution >= 4 is 5.97 Å². The third-order valence-electron chi connectivity index (χ3n) is 5.23. The van der Waals surface area contributed by atoms with E-state index in [1.807, 2.05) is 12.1 Å². The molecule has 0 spiro atoms. The minimum Gasteiger partial charge on any atom is -0.494 e. The predicted molar refractivity (Wildman–Crippen MR) is 127 cm³/mol. The Labute approximate surface area is 190 Å². The van der Waals surface area contributed by atoms with Crippen LogP contribution in [0.25, 0.3) is 11.3 Å². The van der Waals surface area contributed by atoms with Crippen molar-refractivity contribution in [2.45, 2.75) is 58.8 Å². The number of hydrogen-bond donors (Lipinski definition) is 0. The van der Waals surface area contributed by atoms with Crippen molar-refractivity contribution in [1.29, 1.82) is 0 Å². The first kappa shape index (κ1) is 23.5. The predicted octanol–water partition coefficient (Wildman–Crippen LogP) is 6.66. The number of aryl methyl sites for hydroxylation is 1. The van der Waals surface area contributed by atoms with Gasteiger partial charge in [0, 0.05) is 5.56 Å². The van der Waals surface area contributed by atoms with Gasteiger partial charge in [-0.15, -0.1) is 0 Å². The molecule has 5 heteroatoms. The molecular formula is C27H32N2O3. The highest BCUT2D eigenvalue weighted by molar-refractivity contribution is 5.88. The van der Waals surface area contributed by atoms with Crippen LogP contribution in [0.15, 0.2) is 60.9 Å². The summed E-state index contributed by atoms with van der Waals surface area (Å²) >= 11 is 0. The topological polar surface area (TPSA) is 61.3 Å². The quantitative estimate of drug-likeness (QED) is 0.182. The van der Waals surface area contributed by atoms with Gasteiger partial charge in [-0.25, -0.2) is 9.78 Å². The molecule has 32 heavy (non-hydrogen) atoms. The van der Waals surface area contributed by atoms with E-state index >= 15 is 0 Å². The van der Waals surface area contributed by atoms with Crippen molar-refractivity contribution in [3.63, 3.8) is 0 Å². The fourth-order valence-corrected chi connectivity index (χ4v) is 3.29. The smallest absolute Gasteiger partial charge is 0.363 e. The van der Waals surface area contributed by atoms with Gasteiger partial charge in [0.15, 0.2) is 5.69 Å². The van der Waals surface area contributed by atoms with E-state index in [0.29, 0.717) is 12.4 Å². The lowest BCUT2D eigenvalue weighted by molar-refractivity contribution is 0.0728. The summed E-state index contributed by atoms with van der Waals surface area (Å²) in [5.41, 5.74) is 3.19. The van der Waals surface area contributed by atoms with E-state index in [0.717, 1.165) is 29.8 Å². The maximum absolute atomic E-state index is 12.4. The van der Waals surface area contributed by atoms with Gasteiger partial charge in [-0.3, -0.25) is 4.98 Å². The highest BCUT2D eigenvalue weighted by atomic mass is 16.5. The van der Waals surface area contributed by atoms with E-state index in [9.17, 15) is 4.79 Å². The summed E-state index contributed by atoms with van der Waals surface area (Å²) in [6, 6.07) is 15.4. The van der Waals surface area contributed by atoms with Gasteiger partial charge in [-0.05, 0) is 49.1 Å². The molecule has 0 saturated carbocycles. The number of unbranched alkanes of at least 4 members (excludes halogenated alkanes) is 4. The van der Waals surface area contributed by atoms with E-state index in [4.69, 9.17) is 9.47 Å². The number of ether oxygens (including phenoxy) is 2. The fraction of sp³-hybridized carbons (Fsp3) is 0.370. The average Bonchev–Trinajstić information content (AvgIpc) is 2.84. The Morgan fingerprint density at radius 1 is 0.781 bits per heavy atom. The molecule has 0 atom stereocenters. The molecule has 1 aromatic heterocycles. The van der Waals surface area contributed by atoms with Crippen LogP contribution in [0.2, 0.25) is 0 Å². The van der Waals surface area contributed by atoms with Crippen LogP contribution in [0.3, 0.4) is 0 Å². The van der Waals surface area contributed by atoms with Gasteiger partial charge in [-0.1, -0.05) is 63.8 Å². The van der Waals surface area contributed by atoms with Crippen LogP contribution < -0.4 is 9.47 Å². The zero-order valence-electron chi connectivity index (χ0n) is 19.0. The lowest BCUT2D eigenvalue weighted by Crippen LogP contribution is -2.11. The first-order valence-corrected chi connectivity index (χ1v) is 11.6. The van der Waals surface area contributed by atoms with E-state index < -0.39 is 5.97 Å². The number of carbonyl (C=O) groups excluding carboxylic acids is 1. The molecule has 0 radical (unpaired) electrons. The van der Waals surface area contributed by atoms with Gasteiger partial charge in [0.25, 0.3) is 0 Å². The molecule has 1 heterocycles. The van der Waals surface area contributed by atoms with Crippen LogP contribution in [-0.2, 0) is 6.42 Å². The summed E-state index contributed by atoms with van der Waals surface area (Å²) in [6.45, 7) is 5.08. The molecule has 0 saturated heterocycles. The van der Waals surface area contributed by atoms with Crippen molar-refractivity contribution < 1.29 is 14.3 Å². The Balaban J connectivity index is 1.52. The molecule has 0 N–H and O–H groups in total. The molecule has 0 bridgehead atoms. The van der Waals surface area contributed by atoms with Crippen molar-refractivity contribution in [1.82, 2.24) is 9.97 Å². The van der Waals surface area contributed by atoms with Gasteiger partial charge in [-0.2, -0.15) is 0 Å². The minimum absolute atomic E-state index is 0.171. The first-order chi connectivity index (χ1) is 15.7. The van der Waals surface area contributed by atoms with Crippen molar-refractivity contribution in [2.75, 3.05) is 6.61 Å². The molecular weight excluding hydrogens is 400 g/mol. The second kappa shape index (κ2) is 12.6. The van der Waals surface area contributed by atoms with Crippen molar-refractivity contribution in [2.24, 2.45) is 0 Å². The number of carbonyl (C=O) groups is 1. The Hall–Kier alpha value is -3.21. The van der Waals surface area contributed by atoms with Gasteiger partial charge >= 0.3 is 5.97 Å². The van der Waals surface area contributed by atoms with Crippen LogP contribution in [0.5, 0.6) is 11.5 Å². The summed E-state index contributed by atoms with van der Waals surface area (Å²) < 4.78 is 11.1. The fourth-order valence-electron chi connectivity index (χ4n) is 3.29. The Morgan fingerprint density at radius 2 is 1.50 bits per heavy atom. The minimum atomic E-state index is -0.535. The summed E-state index contributed by atoms with van der Waals surface area (Å²) in [5.74, 6) is 0.681. The number of hydrogen-bond acceptors (Lipinski definition) is 5. The summed E-state index contributed by atoms with van der Waals surface area (Å²) in [6.07, 6.45) is 11.2. The molecule has 3 rings (SSSR count). The third kappa shape index (κ3) is 7.19. The van der Waals surface area contributed by atoms with Crippen LogP contribution in [0.4, 0.5) is 0 Å². The van der Waals surface area contributed by atoms with Gasteiger partial charge < -0.3 is 9.47 Å². The molecule has 0 unspecified atom stereocenters. The summed E-state index contributed by atoms with van der Waals surface area (Å²) in [4.78, 5) is 21.0. The number of aromatic nitrogens is 2. The first-order valence-electron chi connectivity index (χ1n) is 11.6. The Kier molecular flexibility index (Phi) is 9.23. The van der Waals surface area contributed by atoms with E-state index in [2.05, 4.69) is 35.9 Å². The van der Waals surface area contributed by atoms with Gasteiger partial charge in [0.05, 0.1) is 24.7 Å². The largest absolute Gasteiger partial charge is 0.494 e. The van der Waals surface area contributed by atoms with Crippen LogP contribution in [-0.4, -0.2) is 22.5 Å². The molecule has 2 aromatic carbocycles. The molecule has 0 aliphatic rings. The Morgan fingerprint density at radius 3 is 2.16 bits per heavy atom. The van der Waals surface area contributed by atoms with E-state index in [1.54, 1.807) is 30.5 Å². The lowest BCUT2D eigenvalue weighted by atomic mass is 10.1. The SMILES string of the molecule is CCCCCCOc1ccc(OC(=O)c2cnc(-c3ccc(CCCC)cc3)cn2)cc1. The third-order valence-corrected chi connectivity index (χ3v) is 5.23. The van der Waals surface area contributed by atoms with Crippen molar-refractivity contribution in [3.05, 3.63) is 72.2 Å². The molecule has 3 aromatic rings. The molecule has 0 fully saturated rings. The highest BCUT2D eigenvalue weighted by Gasteiger charge is 2.12. The van der Waals surface area contributed by atoms with E-state index in [-0.39, 0.29) is 5.69 Å². The van der Waals surface area contributed by atoms with Crippen LogP contribution in [0.1, 0.15) is 68.4 Å². The number of nitrogens with zero attached hydrogens (tertiary/aromatic N) is 2. The number of rotatable bonds is 12. The standard InChI is InChI=1S/C27H32N2O3/c1-3-5-7-8-18-31-23-14-16-24(17-15-23)32-27(30)26-20-28-25(19-29-26)22-12-10-21(11-13-22)9-6-4-2/h10-17,19-20H,3-9,18H2,1-2H3. The molecule has 168 valence electrons. The maximum Gasteiger partial charge on any atom is 0.363 e. The van der Waals surface area contributed by atoms with Crippen LogP contribution >= 0.6 is 0 Å². The maximum atomic E-state index is 12.4. The molecule has 5 nitrogen and oxygen atoms in total. The summed E-state index contributed by atoms with van der Waals surface area (Å²) in [5, 5.41) is 0. The van der Waals surface area contributed by atoms with Gasteiger partial charge in [0.1, 0.15) is 11.5 Å². The van der Waals surface area contributed by atoms with E-state index in [1.165, 1.54) is 43.9 Å². The highest BCUT2D eigenvalue weighted by Crippen LogP contribution is 2.20. The molecule has 0 amide bonds. The monoisotopic (exact) mass is 432 g/mol. The molecule has 0 aliphatic heterocycles. The summed E-state index contributed by atoms with van der Waals surface area (Å²) in [7, 11) is 0. The Bertz CT molecular complexity index is 952. The molecule has 0 aliphatic carbocycles. The zero-order valence-corrected chi connectivity index (χ0v) is 19.0. The average molecular weight is 433 g/mol. The van der Waals surface area contributed by atoms with Crippen molar-refractivity contribution in [3.8, 4) is 22.8 Å². The van der Waals surface area contributed by atoms with Crippen LogP contribution in [0, 0.1) is 0 Å². The lowest BCUT2D eigenvalue weighted by Gasteiger charge is -2.08.